The minimum atomic E-state index is 0. The maximum absolute atomic E-state index is 10.1. The topological polar surface area (TPSA) is 43.1 Å². The summed E-state index contributed by atoms with van der Waals surface area (Å²) in [4.78, 5) is 11.9. The molecule has 0 bridgehead atoms. The zero-order valence-corrected chi connectivity index (χ0v) is 7.65. The van der Waals surface area contributed by atoms with E-state index in [-0.39, 0.29) is 1.43 Å². The van der Waals surface area contributed by atoms with Gasteiger partial charge >= 0.3 is 0 Å². The third-order valence-corrected chi connectivity index (χ3v) is 2.03. The minimum Gasteiger partial charge on any atom is -0.326 e. The Morgan fingerprint density at radius 2 is 2.27 bits per heavy atom. The van der Waals surface area contributed by atoms with Crippen LogP contribution in [-0.2, 0) is 6.54 Å². The van der Waals surface area contributed by atoms with Gasteiger partial charge in [-0.25, -0.2) is 0 Å². The lowest BCUT2D eigenvalue weighted by Gasteiger charge is -1.81. The molecule has 2 nitrogen and oxygen atoms in total. The van der Waals surface area contributed by atoms with Crippen molar-refractivity contribution in [1.82, 2.24) is 0 Å². The van der Waals surface area contributed by atoms with Crippen molar-refractivity contribution in [1.29, 1.82) is 0 Å². The molecule has 0 amide bonds. The molecule has 0 spiro atoms. The summed E-state index contributed by atoms with van der Waals surface area (Å²) in [5.74, 6) is 0. The van der Waals surface area contributed by atoms with Gasteiger partial charge in [0.1, 0.15) is 0 Å². The van der Waals surface area contributed by atoms with Crippen molar-refractivity contribution in [2.75, 3.05) is 0 Å². The van der Waals surface area contributed by atoms with Crippen LogP contribution in [0.2, 0.25) is 0 Å². The summed E-state index contributed by atoms with van der Waals surface area (Å²) in [6.07, 6.45) is 0.837. The fourth-order valence-corrected chi connectivity index (χ4v) is 1.27. The second-order valence-electron chi connectivity index (χ2n) is 1.63. The first-order valence-electron chi connectivity index (χ1n) is 3.61. The van der Waals surface area contributed by atoms with Gasteiger partial charge in [0.15, 0.2) is 6.29 Å². The second kappa shape index (κ2) is 6.07. The highest BCUT2D eigenvalue weighted by molar-refractivity contribution is 7.13. The molecule has 3 heteroatoms. The summed E-state index contributed by atoms with van der Waals surface area (Å²) < 4.78 is 0. The van der Waals surface area contributed by atoms with Crippen molar-refractivity contribution in [3.8, 4) is 0 Å². The van der Waals surface area contributed by atoms with Gasteiger partial charge in [-0.15, -0.1) is 11.3 Å². The number of aldehydes is 1. The van der Waals surface area contributed by atoms with Gasteiger partial charge in [-0.1, -0.05) is 13.8 Å². The molecule has 0 aliphatic heterocycles. The van der Waals surface area contributed by atoms with Crippen molar-refractivity contribution in [2.24, 2.45) is 5.73 Å². The normalized spacial score (nSPS) is 8.27. The maximum Gasteiger partial charge on any atom is 0.160 e. The predicted octanol–water partition coefficient (Wildman–Crippen LogP) is 2.29. The minimum absolute atomic E-state index is 0. The highest BCUT2D eigenvalue weighted by Gasteiger charge is 1.93. The van der Waals surface area contributed by atoms with Gasteiger partial charge in [0.05, 0.1) is 4.88 Å². The molecule has 1 aromatic rings. The number of carbonyl (C=O) groups is 1. The zero-order valence-electron chi connectivity index (χ0n) is 6.83. The molecule has 0 radical (unpaired) electrons. The van der Waals surface area contributed by atoms with Crippen molar-refractivity contribution < 1.29 is 6.22 Å². The van der Waals surface area contributed by atoms with E-state index in [0.29, 0.717) is 6.54 Å². The first kappa shape index (κ1) is 10.3. The lowest BCUT2D eigenvalue weighted by atomic mass is 10.4. The Balaban J connectivity index is 0. The Bertz CT molecular complexity index is 213. The van der Waals surface area contributed by atoms with Crippen LogP contribution >= 0.6 is 11.3 Å². The average molecular weight is 173 g/mol. The van der Waals surface area contributed by atoms with Crippen molar-refractivity contribution in [2.45, 2.75) is 20.4 Å². The first-order chi connectivity index (χ1) is 5.36. The Kier molecular flexibility index (Phi) is 5.70. The summed E-state index contributed by atoms with van der Waals surface area (Å²) in [6.45, 7) is 4.53. The molecule has 64 valence electrons. The molecule has 1 aromatic heterocycles. The summed E-state index contributed by atoms with van der Waals surface area (Å²) in [7, 11) is 0. The number of hydrogen-bond acceptors (Lipinski definition) is 3. The fourth-order valence-electron chi connectivity index (χ4n) is 0.568. The maximum atomic E-state index is 10.1. The van der Waals surface area contributed by atoms with Gasteiger partial charge in [-0.3, -0.25) is 4.79 Å². The first-order valence-corrected chi connectivity index (χ1v) is 4.42. The highest BCUT2D eigenvalue weighted by Crippen LogP contribution is 2.12. The van der Waals surface area contributed by atoms with Gasteiger partial charge < -0.3 is 5.73 Å². The van der Waals surface area contributed by atoms with Gasteiger partial charge in [0.25, 0.3) is 0 Å². The third kappa shape index (κ3) is 3.30. The lowest BCUT2D eigenvalue weighted by molar-refractivity contribution is 0.112. The zero-order chi connectivity index (χ0) is 8.69. The van der Waals surface area contributed by atoms with Gasteiger partial charge in [-0.2, -0.15) is 0 Å². The van der Waals surface area contributed by atoms with Crippen LogP contribution in [0.1, 0.15) is 29.8 Å². The predicted molar refractivity (Wildman–Crippen MR) is 51.1 cm³/mol. The van der Waals surface area contributed by atoms with E-state index < -0.39 is 0 Å². The summed E-state index contributed by atoms with van der Waals surface area (Å²) >= 11 is 1.44. The molecule has 11 heavy (non-hydrogen) atoms. The van der Waals surface area contributed by atoms with Crippen molar-refractivity contribution in [3.63, 3.8) is 0 Å². The van der Waals surface area contributed by atoms with E-state index >= 15 is 0 Å². The smallest absolute Gasteiger partial charge is 0.160 e. The molecule has 1 rings (SSSR count). The molecule has 2 N–H and O–H groups in total. The number of carbonyl (C=O) groups excluding carboxylic acids is 1. The molecule has 0 unspecified atom stereocenters. The van der Waals surface area contributed by atoms with E-state index in [1.165, 1.54) is 11.3 Å². The second-order valence-corrected chi connectivity index (χ2v) is 2.83. The van der Waals surface area contributed by atoms with E-state index in [2.05, 4.69) is 0 Å². The molecular formula is C8H15NOS. The van der Waals surface area contributed by atoms with Crippen LogP contribution in [0.3, 0.4) is 0 Å². The molecule has 0 fully saturated rings. The number of nitrogens with two attached hydrogens (primary N) is 1. The Morgan fingerprint density at radius 3 is 2.55 bits per heavy atom. The number of rotatable bonds is 2. The lowest BCUT2D eigenvalue weighted by Crippen LogP contribution is -1.91. The fraction of sp³-hybridized carbons (Fsp3) is 0.375. The van der Waals surface area contributed by atoms with Gasteiger partial charge in [-0.05, 0) is 12.1 Å². The van der Waals surface area contributed by atoms with E-state index in [9.17, 15) is 4.79 Å². The van der Waals surface area contributed by atoms with Crippen LogP contribution in [0.25, 0.3) is 0 Å². The van der Waals surface area contributed by atoms with E-state index in [4.69, 9.17) is 5.73 Å². The van der Waals surface area contributed by atoms with E-state index in [0.717, 1.165) is 16.0 Å². The van der Waals surface area contributed by atoms with Crippen LogP contribution in [0.5, 0.6) is 0 Å². The van der Waals surface area contributed by atoms with Crippen LogP contribution in [0.15, 0.2) is 12.1 Å². The molecule has 0 saturated carbocycles. The largest absolute Gasteiger partial charge is 0.326 e. The van der Waals surface area contributed by atoms with Crippen molar-refractivity contribution in [3.05, 3.63) is 21.9 Å². The summed E-state index contributed by atoms with van der Waals surface area (Å²) in [5, 5.41) is 0. The highest BCUT2D eigenvalue weighted by atomic mass is 32.1. The average Bonchev–Trinajstić information content (AvgIpc) is 2.55. The Labute approximate surface area is 72.5 Å². The Morgan fingerprint density at radius 1 is 1.64 bits per heavy atom. The van der Waals surface area contributed by atoms with Crippen LogP contribution in [0, 0.1) is 0 Å². The SMILES string of the molecule is CC.NCc1ccc(C=O)s1.[HH]. The number of thiophene rings is 1. The van der Waals surface area contributed by atoms with Gasteiger partial charge in [0, 0.05) is 12.8 Å². The van der Waals surface area contributed by atoms with E-state index in [1.807, 2.05) is 19.9 Å². The molecule has 0 saturated heterocycles. The summed E-state index contributed by atoms with van der Waals surface area (Å²) in [5.41, 5.74) is 5.31. The monoisotopic (exact) mass is 173 g/mol. The molecule has 0 atom stereocenters. The molecular weight excluding hydrogens is 158 g/mol. The Hall–Kier alpha value is -0.670. The van der Waals surface area contributed by atoms with Gasteiger partial charge in [0.2, 0.25) is 0 Å². The molecule has 0 aliphatic rings. The molecule has 0 aromatic carbocycles. The molecule has 0 aliphatic carbocycles. The van der Waals surface area contributed by atoms with Crippen LogP contribution in [-0.4, -0.2) is 6.29 Å². The molecule has 1 heterocycles. The van der Waals surface area contributed by atoms with E-state index in [1.54, 1.807) is 6.07 Å². The number of hydrogen-bond donors (Lipinski definition) is 1. The summed E-state index contributed by atoms with van der Waals surface area (Å²) in [6, 6.07) is 3.65. The van der Waals surface area contributed by atoms with Crippen LogP contribution in [0.4, 0.5) is 0 Å². The quantitative estimate of drug-likeness (QED) is 0.697. The van der Waals surface area contributed by atoms with Crippen LogP contribution < -0.4 is 5.73 Å². The third-order valence-electron chi connectivity index (χ3n) is 1.000. The standard InChI is InChI=1S/C6H7NOS.C2H6.H2/c7-3-5-1-2-6(4-8)9-5;1-2;/h1-2,4H,3,7H2;1-2H3;1H. The van der Waals surface area contributed by atoms with Crippen molar-refractivity contribution >= 4 is 17.6 Å².